The van der Waals surface area contributed by atoms with Gasteiger partial charge in [-0.05, 0) is 92.8 Å². The molecule has 0 amide bonds. The van der Waals surface area contributed by atoms with Gasteiger partial charge in [-0.3, -0.25) is 0 Å². The second-order valence-corrected chi connectivity index (χ2v) is 12.8. The van der Waals surface area contributed by atoms with Crippen molar-refractivity contribution in [3.8, 4) is 28.0 Å². The molecule has 6 rings (SSSR count). The predicted octanol–water partition coefficient (Wildman–Crippen LogP) is 6.33. The Bertz CT molecular complexity index is 2180. The lowest BCUT2D eigenvalue weighted by Gasteiger charge is -2.12. The third-order valence-electron chi connectivity index (χ3n) is 7.58. The summed E-state index contributed by atoms with van der Waals surface area (Å²) in [6, 6.07) is 30.2. The Morgan fingerprint density at radius 2 is 1.20 bits per heavy atom. The molecule has 226 valence electrons. The van der Waals surface area contributed by atoms with Gasteiger partial charge in [0.2, 0.25) is 0 Å². The Morgan fingerprint density at radius 3 is 1.64 bits per heavy atom. The van der Waals surface area contributed by atoms with E-state index in [1.54, 1.807) is 54.6 Å². The van der Waals surface area contributed by atoms with Crippen LogP contribution in [0.1, 0.15) is 11.1 Å². The number of halogens is 1. The van der Waals surface area contributed by atoms with Crippen LogP contribution in [-0.2, 0) is 10.0 Å². The largest absolute Gasteiger partial charge is 0.496 e. The highest BCUT2D eigenvalue weighted by Gasteiger charge is 2.25. The van der Waals surface area contributed by atoms with Crippen LogP contribution in [0.5, 0.6) is 5.75 Å². The van der Waals surface area contributed by atoms with Gasteiger partial charge in [0.15, 0.2) is 11.7 Å². The molecule has 0 unspecified atom stereocenters. The third-order valence-corrected chi connectivity index (χ3v) is 9.92. The van der Waals surface area contributed by atoms with E-state index in [-0.39, 0.29) is 16.6 Å². The van der Waals surface area contributed by atoms with Crippen LogP contribution in [0.4, 0.5) is 0 Å². The van der Waals surface area contributed by atoms with Crippen LogP contribution in [0, 0.1) is 0 Å². The van der Waals surface area contributed by atoms with Gasteiger partial charge < -0.3 is 26.6 Å². The molecule has 5 aromatic carbocycles. The summed E-state index contributed by atoms with van der Waals surface area (Å²) in [5.74, 6) is 0.462. The quantitative estimate of drug-likeness (QED) is 0.0661. The van der Waals surface area contributed by atoms with Gasteiger partial charge in [0, 0.05) is 21.9 Å². The lowest BCUT2D eigenvalue weighted by Crippen LogP contribution is -2.13. The van der Waals surface area contributed by atoms with E-state index in [0.29, 0.717) is 43.2 Å². The number of nitrogens with two attached hydrogens (primary N) is 2. The van der Waals surface area contributed by atoms with Gasteiger partial charge in [-0.2, -0.15) is 0 Å². The molecule has 6 aromatic rings. The van der Waals surface area contributed by atoms with E-state index < -0.39 is 10.0 Å². The van der Waals surface area contributed by atoms with Crippen molar-refractivity contribution in [2.75, 3.05) is 7.11 Å². The normalized spacial score (nSPS) is 12.6. The second kappa shape index (κ2) is 11.6. The first-order valence-electron chi connectivity index (χ1n) is 13.5. The van der Waals surface area contributed by atoms with Crippen LogP contribution < -0.4 is 16.2 Å². The molecule has 0 spiro atoms. The number of rotatable bonds is 7. The monoisotopic (exact) mass is 683 g/mol. The summed E-state index contributed by atoms with van der Waals surface area (Å²) >= 11 is 3.41. The standard InChI is InChI=1S/C33H26BrN5O5S/c1-44-31-13-10-25(18-28(31)34)45(42,43)39-29-11-8-21(19-4-2-6-23(14-19)32(35)37-40)16-26(29)27-17-22(9-12-30(27)39)20-5-3-7-24(15-20)33(36)38-41/h2-18,40-41H,1H3,(H2,35,37)(H2,36,38). The van der Waals surface area contributed by atoms with Crippen molar-refractivity contribution in [1.29, 1.82) is 0 Å². The summed E-state index contributed by atoms with van der Waals surface area (Å²) in [7, 11) is -2.57. The number of ether oxygens (including phenoxy) is 1. The molecule has 0 atom stereocenters. The molecular formula is C33H26BrN5O5S. The second-order valence-electron chi connectivity index (χ2n) is 10.2. The molecule has 45 heavy (non-hydrogen) atoms. The molecule has 12 heteroatoms. The van der Waals surface area contributed by atoms with Crippen molar-refractivity contribution in [2.45, 2.75) is 4.90 Å². The smallest absolute Gasteiger partial charge is 0.268 e. The van der Waals surface area contributed by atoms with Crippen molar-refractivity contribution < 1.29 is 23.6 Å². The Labute approximate surface area is 266 Å². The summed E-state index contributed by atoms with van der Waals surface area (Å²) in [6.07, 6.45) is 0. The van der Waals surface area contributed by atoms with E-state index in [9.17, 15) is 18.8 Å². The number of aromatic nitrogens is 1. The molecule has 0 aliphatic heterocycles. The fraction of sp³-hybridized carbons (Fsp3) is 0.0303. The number of nitrogens with zero attached hydrogens (tertiary/aromatic N) is 3. The molecule has 0 saturated carbocycles. The summed E-state index contributed by atoms with van der Waals surface area (Å²) in [5, 5.41) is 26.0. The number of benzene rings is 5. The van der Waals surface area contributed by atoms with Crippen LogP contribution in [0.2, 0.25) is 0 Å². The van der Waals surface area contributed by atoms with E-state index >= 15 is 0 Å². The van der Waals surface area contributed by atoms with Crippen LogP contribution >= 0.6 is 15.9 Å². The lowest BCUT2D eigenvalue weighted by molar-refractivity contribution is 0.318. The first kappa shape index (κ1) is 29.7. The first-order valence-corrected chi connectivity index (χ1v) is 15.7. The topological polar surface area (TPSA) is 166 Å². The van der Waals surface area contributed by atoms with Gasteiger partial charge in [-0.15, -0.1) is 0 Å². The van der Waals surface area contributed by atoms with Crippen molar-refractivity contribution in [3.05, 3.63) is 119 Å². The van der Waals surface area contributed by atoms with E-state index in [1.165, 1.54) is 23.2 Å². The average molecular weight is 685 g/mol. The molecule has 0 aliphatic rings. The average Bonchev–Trinajstić information content (AvgIpc) is 3.41. The van der Waals surface area contributed by atoms with Gasteiger partial charge >= 0.3 is 0 Å². The molecule has 10 nitrogen and oxygen atoms in total. The lowest BCUT2D eigenvalue weighted by atomic mass is 9.98. The van der Waals surface area contributed by atoms with E-state index in [4.69, 9.17) is 16.2 Å². The Morgan fingerprint density at radius 1 is 0.711 bits per heavy atom. The van der Waals surface area contributed by atoms with Crippen molar-refractivity contribution >= 4 is 59.4 Å². The Balaban J connectivity index is 1.62. The van der Waals surface area contributed by atoms with Crippen LogP contribution in [0.25, 0.3) is 44.1 Å². The highest BCUT2D eigenvalue weighted by atomic mass is 79.9. The van der Waals surface area contributed by atoms with Gasteiger partial charge in [-0.25, -0.2) is 12.4 Å². The van der Waals surface area contributed by atoms with Crippen molar-refractivity contribution in [1.82, 2.24) is 3.97 Å². The molecule has 0 radical (unpaired) electrons. The van der Waals surface area contributed by atoms with Gasteiger partial charge in [0.25, 0.3) is 10.0 Å². The van der Waals surface area contributed by atoms with Gasteiger partial charge in [0.05, 0.1) is 27.5 Å². The maximum Gasteiger partial charge on any atom is 0.268 e. The minimum absolute atomic E-state index is 0.0231. The van der Waals surface area contributed by atoms with Crippen molar-refractivity contribution in [2.24, 2.45) is 21.8 Å². The summed E-state index contributed by atoms with van der Waals surface area (Å²) in [6.45, 7) is 0. The Kier molecular flexibility index (Phi) is 7.69. The van der Waals surface area contributed by atoms with Crippen molar-refractivity contribution in [3.63, 3.8) is 0 Å². The predicted molar refractivity (Wildman–Crippen MR) is 179 cm³/mol. The number of hydrogen-bond donors (Lipinski definition) is 4. The first-order chi connectivity index (χ1) is 21.7. The highest BCUT2D eigenvalue weighted by molar-refractivity contribution is 9.10. The highest BCUT2D eigenvalue weighted by Crippen LogP contribution is 2.38. The third kappa shape index (κ3) is 5.23. The van der Waals surface area contributed by atoms with E-state index in [1.807, 2.05) is 36.4 Å². The Hall–Kier alpha value is -5.33. The molecule has 0 saturated heterocycles. The number of hydrogen-bond acceptors (Lipinski definition) is 7. The molecule has 6 N–H and O–H groups in total. The minimum Gasteiger partial charge on any atom is -0.496 e. The van der Waals surface area contributed by atoms with Gasteiger partial charge in [-0.1, -0.05) is 58.8 Å². The molecule has 0 aliphatic carbocycles. The van der Waals surface area contributed by atoms with Crippen LogP contribution in [0.3, 0.4) is 0 Å². The maximum atomic E-state index is 14.3. The summed E-state index contributed by atoms with van der Waals surface area (Å²) in [5.41, 5.74) is 16.9. The van der Waals surface area contributed by atoms with Crippen LogP contribution in [0.15, 0.2) is 123 Å². The van der Waals surface area contributed by atoms with E-state index in [2.05, 4.69) is 26.2 Å². The zero-order valence-corrected chi connectivity index (χ0v) is 26.1. The minimum atomic E-state index is -4.08. The fourth-order valence-electron chi connectivity index (χ4n) is 5.35. The van der Waals surface area contributed by atoms with E-state index in [0.717, 1.165) is 22.3 Å². The molecule has 1 aromatic heterocycles. The van der Waals surface area contributed by atoms with Gasteiger partial charge in [0.1, 0.15) is 5.75 Å². The maximum absolute atomic E-state index is 14.3. The zero-order valence-electron chi connectivity index (χ0n) is 23.7. The summed E-state index contributed by atoms with van der Waals surface area (Å²) < 4.78 is 35.7. The fourth-order valence-corrected chi connectivity index (χ4v) is 7.60. The zero-order chi connectivity index (χ0) is 31.9. The number of oxime groups is 2. The number of methoxy groups -OCH3 is 1. The number of amidine groups is 2. The molecule has 0 fully saturated rings. The summed E-state index contributed by atoms with van der Waals surface area (Å²) in [4.78, 5) is 0.0834. The molecular weight excluding hydrogens is 658 g/mol. The molecule has 0 bridgehead atoms. The SMILES string of the molecule is COc1ccc(S(=O)(=O)n2c3ccc(-c4cccc(/C(N)=N/O)c4)cc3c3cc(-c4cccc(/C(N)=N/O)c4)ccc32)cc1Br. The number of fused-ring (bicyclic) bond motifs is 3. The molecule has 1 heterocycles. The van der Waals surface area contributed by atoms with Crippen LogP contribution in [-0.4, -0.2) is 41.6 Å².